The average molecular weight is 174 g/mol. The molecule has 0 aliphatic heterocycles. The Morgan fingerprint density at radius 3 is 2.08 bits per heavy atom. The van der Waals surface area contributed by atoms with Gasteiger partial charge in [0.15, 0.2) is 0 Å². The van der Waals surface area contributed by atoms with Crippen LogP contribution >= 0.6 is 0 Å². The van der Waals surface area contributed by atoms with Crippen molar-refractivity contribution in [3.05, 3.63) is 11.8 Å². The molecule has 0 aromatic heterocycles. The van der Waals surface area contributed by atoms with Gasteiger partial charge >= 0.3 is 5.97 Å². The van der Waals surface area contributed by atoms with E-state index in [2.05, 4.69) is 0 Å². The summed E-state index contributed by atoms with van der Waals surface area (Å²) in [5.41, 5.74) is 0.383. The standard InChI is InChI=1S/C8H15NO2.H3N/c1-4-9(5-2)6-7(3)8(10)11;/h6H,4-5H2,1-3H3,(H,10,11);1H3. The van der Waals surface area contributed by atoms with Crippen molar-refractivity contribution in [2.24, 2.45) is 0 Å². The molecule has 4 N–H and O–H groups in total. The van der Waals surface area contributed by atoms with Crippen molar-refractivity contribution in [3.63, 3.8) is 0 Å². The van der Waals surface area contributed by atoms with Crippen molar-refractivity contribution in [1.29, 1.82) is 0 Å². The van der Waals surface area contributed by atoms with Crippen molar-refractivity contribution in [3.8, 4) is 0 Å². The van der Waals surface area contributed by atoms with Gasteiger partial charge in [-0.05, 0) is 20.8 Å². The smallest absolute Gasteiger partial charge is 0.332 e. The second kappa shape index (κ2) is 6.67. The van der Waals surface area contributed by atoms with Crippen molar-refractivity contribution in [2.45, 2.75) is 20.8 Å². The molecule has 0 aliphatic rings. The van der Waals surface area contributed by atoms with Crippen LogP contribution in [0, 0.1) is 0 Å². The molecule has 0 saturated carbocycles. The average Bonchev–Trinajstić information content (AvgIpc) is 1.99. The molecular formula is C8H18N2O2. The van der Waals surface area contributed by atoms with Gasteiger partial charge in [-0.1, -0.05) is 0 Å². The minimum Gasteiger partial charge on any atom is -0.478 e. The van der Waals surface area contributed by atoms with Crippen LogP contribution < -0.4 is 6.15 Å². The molecule has 0 unspecified atom stereocenters. The lowest BCUT2D eigenvalue weighted by atomic mass is 10.3. The predicted octanol–water partition coefficient (Wildman–Crippen LogP) is 1.48. The molecule has 0 amide bonds. The van der Waals surface area contributed by atoms with Crippen LogP contribution in [-0.4, -0.2) is 29.1 Å². The number of carboxylic acids is 1. The number of rotatable bonds is 4. The Bertz CT molecular complexity index is 162. The topological polar surface area (TPSA) is 75.5 Å². The van der Waals surface area contributed by atoms with Crippen LogP contribution in [0.25, 0.3) is 0 Å². The van der Waals surface area contributed by atoms with Gasteiger partial charge in [0.2, 0.25) is 0 Å². The van der Waals surface area contributed by atoms with Crippen LogP contribution in [0.3, 0.4) is 0 Å². The lowest BCUT2D eigenvalue weighted by Gasteiger charge is -2.15. The van der Waals surface area contributed by atoms with Gasteiger partial charge in [0.05, 0.1) is 0 Å². The number of hydrogen-bond donors (Lipinski definition) is 2. The second-order valence-corrected chi connectivity index (χ2v) is 2.34. The Labute approximate surface area is 73.5 Å². The fourth-order valence-electron chi connectivity index (χ4n) is 0.735. The highest BCUT2D eigenvalue weighted by Crippen LogP contribution is 1.96. The number of nitrogens with zero attached hydrogens (tertiary/aromatic N) is 1. The number of hydrogen-bond acceptors (Lipinski definition) is 3. The summed E-state index contributed by atoms with van der Waals surface area (Å²) in [7, 11) is 0. The number of aliphatic carboxylic acids is 1. The number of carboxylic acid groups (broad SMARTS) is 1. The van der Waals surface area contributed by atoms with Crippen molar-refractivity contribution >= 4 is 5.97 Å². The summed E-state index contributed by atoms with van der Waals surface area (Å²) in [5.74, 6) is -0.850. The van der Waals surface area contributed by atoms with E-state index in [9.17, 15) is 4.79 Å². The lowest BCUT2D eigenvalue weighted by molar-refractivity contribution is -0.132. The van der Waals surface area contributed by atoms with Gasteiger partial charge < -0.3 is 16.2 Å². The van der Waals surface area contributed by atoms with Gasteiger partial charge in [-0.15, -0.1) is 0 Å². The van der Waals surface area contributed by atoms with Crippen molar-refractivity contribution in [2.75, 3.05) is 13.1 Å². The lowest BCUT2D eigenvalue weighted by Crippen LogP contribution is -2.17. The molecule has 0 bridgehead atoms. The molecule has 0 aliphatic carbocycles. The van der Waals surface area contributed by atoms with Gasteiger partial charge in [-0.2, -0.15) is 0 Å². The van der Waals surface area contributed by atoms with Crippen LogP contribution in [0.1, 0.15) is 20.8 Å². The zero-order valence-electron chi connectivity index (χ0n) is 8.00. The molecule has 0 spiro atoms. The summed E-state index contributed by atoms with van der Waals surface area (Å²) in [6.45, 7) is 7.28. The fourth-order valence-corrected chi connectivity index (χ4v) is 0.735. The zero-order valence-corrected chi connectivity index (χ0v) is 8.00. The van der Waals surface area contributed by atoms with E-state index >= 15 is 0 Å². The highest BCUT2D eigenvalue weighted by molar-refractivity contribution is 5.85. The molecule has 0 aromatic carbocycles. The molecule has 0 atom stereocenters. The normalized spacial score (nSPS) is 10.4. The fraction of sp³-hybridized carbons (Fsp3) is 0.625. The Morgan fingerprint density at radius 1 is 1.42 bits per heavy atom. The van der Waals surface area contributed by atoms with Crippen LogP contribution in [0.15, 0.2) is 11.8 Å². The van der Waals surface area contributed by atoms with Crippen LogP contribution in [0.4, 0.5) is 0 Å². The maximum absolute atomic E-state index is 10.4. The monoisotopic (exact) mass is 174 g/mol. The van der Waals surface area contributed by atoms with Crippen LogP contribution in [-0.2, 0) is 4.79 Å². The van der Waals surface area contributed by atoms with Gasteiger partial charge in [0.1, 0.15) is 0 Å². The van der Waals surface area contributed by atoms with Crippen LogP contribution in [0.5, 0.6) is 0 Å². The summed E-state index contributed by atoms with van der Waals surface area (Å²) in [5, 5.41) is 8.53. The first kappa shape index (κ1) is 13.6. The third-order valence-corrected chi connectivity index (χ3v) is 1.53. The molecule has 4 heteroatoms. The molecule has 0 heterocycles. The molecular weight excluding hydrogens is 156 g/mol. The molecule has 0 aromatic rings. The van der Waals surface area contributed by atoms with E-state index in [1.54, 1.807) is 13.1 Å². The highest BCUT2D eigenvalue weighted by atomic mass is 16.4. The van der Waals surface area contributed by atoms with E-state index in [4.69, 9.17) is 5.11 Å². The largest absolute Gasteiger partial charge is 0.478 e. The Hall–Kier alpha value is -1.03. The first-order valence-corrected chi connectivity index (χ1v) is 3.77. The Balaban J connectivity index is 0. The summed E-state index contributed by atoms with van der Waals surface area (Å²) in [6.07, 6.45) is 1.67. The van der Waals surface area contributed by atoms with E-state index in [0.717, 1.165) is 13.1 Å². The summed E-state index contributed by atoms with van der Waals surface area (Å²) >= 11 is 0. The summed E-state index contributed by atoms with van der Waals surface area (Å²) in [6, 6.07) is 0. The highest BCUT2D eigenvalue weighted by Gasteiger charge is 2.00. The van der Waals surface area contributed by atoms with E-state index in [1.165, 1.54) is 0 Å². The second-order valence-electron chi connectivity index (χ2n) is 2.34. The molecule has 4 nitrogen and oxygen atoms in total. The van der Waals surface area contributed by atoms with Crippen molar-refractivity contribution in [1.82, 2.24) is 11.1 Å². The third-order valence-electron chi connectivity index (χ3n) is 1.53. The minimum absolute atomic E-state index is 0. The number of carbonyl (C=O) groups is 1. The summed E-state index contributed by atoms with van der Waals surface area (Å²) < 4.78 is 0. The maximum atomic E-state index is 10.4. The molecule has 0 fully saturated rings. The minimum atomic E-state index is -0.850. The zero-order chi connectivity index (χ0) is 8.85. The Kier molecular flexibility index (Phi) is 7.53. The SMILES string of the molecule is CCN(C=C(C)C(=O)O)CC.N. The van der Waals surface area contributed by atoms with Gasteiger partial charge in [0, 0.05) is 24.9 Å². The molecule has 0 radical (unpaired) electrons. The molecule has 72 valence electrons. The first-order chi connectivity index (χ1) is 5.11. The Morgan fingerprint density at radius 2 is 1.83 bits per heavy atom. The van der Waals surface area contributed by atoms with Crippen molar-refractivity contribution < 1.29 is 9.90 Å². The quantitative estimate of drug-likeness (QED) is 0.633. The van der Waals surface area contributed by atoms with Crippen LogP contribution in [0.2, 0.25) is 0 Å². The maximum Gasteiger partial charge on any atom is 0.332 e. The molecule has 0 saturated heterocycles. The van der Waals surface area contributed by atoms with E-state index < -0.39 is 5.97 Å². The van der Waals surface area contributed by atoms with E-state index in [0.29, 0.717) is 5.57 Å². The van der Waals surface area contributed by atoms with E-state index in [1.807, 2.05) is 18.7 Å². The van der Waals surface area contributed by atoms with Gasteiger partial charge in [-0.3, -0.25) is 0 Å². The van der Waals surface area contributed by atoms with Gasteiger partial charge in [-0.25, -0.2) is 4.79 Å². The predicted molar refractivity (Wildman–Crippen MR) is 49.3 cm³/mol. The first-order valence-electron chi connectivity index (χ1n) is 3.77. The third kappa shape index (κ3) is 4.73. The molecule has 12 heavy (non-hydrogen) atoms. The summed E-state index contributed by atoms with van der Waals surface area (Å²) in [4.78, 5) is 12.3. The van der Waals surface area contributed by atoms with E-state index in [-0.39, 0.29) is 6.15 Å². The van der Waals surface area contributed by atoms with Gasteiger partial charge in [0.25, 0.3) is 0 Å². The molecule has 0 rings (SSSR count).